The number of rotatable bonds is 5. The van der Waals surface area contributed by atoms with E-state index in [2.05, 4.69) is 15.2 Å². The third-order valence-electron chi connectivity index (χ3n) is 3.66. The van der Waals surface area contributed by atoms with Crippen molar-refractivity contribution in [3.63, 3.8) is 0 Å². The van der Waals surface area contributed by atoms with E-state index in [4.69, 9.17) is 0 Å². The molecule has 0 spiro atoms. The van der Waals surface area contributed by atoms with E-state index in [0.717, 1.165) is 18.8 Å². The van der Waals surface area contributed by atoms with Crippen LogP contribution in [0.4, 0.5) is 0 Å². The third kappa shape index (κ3) is 4.28. The molecule has 1 aliphatic heterocycles. The minimum absolute atomic E-state index is 0.0401. The number of likely N-dealkylation sites (tertiary alicyclic amines) is 1. The van der Waals surface area contributed by atoms with Crippen molar-refractivity contribution in [1.82, 2.24) is 15.2 Å². The SMILES string of the molecule is Cc1ccc(C(=O)NC(CO)CN2CCCCC2)cn1. The molecule has 0 aromatic carbocycles. The van der Waals surface area contributed by atoms with Gasteiger partial charge in [0.05, 0.1) is 18.2 Å². The molecule has 2 heterocycles. The summed E-state index contributed by atoms with van der Waals surface area (Å²) in [4.78, 5) is 18.5. The summed E-state index contributed by atoms with van der Waals surface area (Å²) in [5.41, 5.74) is 1.42. The number of aromatic nitrogens is 1. The first-order valence-corrected chi connectivity index (χ1v) is 7.26. The fourth-order valence-corrected chi connectivity index (χ4v) is 2.47. The van der Waals surface area contributed by atoms with Crippen molar-refractivity contribution in [1.29, 1.82) is 0 Å². The highest BCUT2D eigenvalue weighted by atomic mass is 16.3. The zero-order valence-corrected chi connectivity index (χ0v) is 12.0. The van der Waals surface area contributed by atoms with Crippen LogP contribution in [0.3, 0.4) is 0 Å². The fourth-order valence-electron chi connectivity index (χ4n) is 2.47. The molecule has 0 bridgehead atoms. The number of carbonyl (C=O) groups is 1. The highest BCUT2D eigenvalue weighted by Gasteiger charge is 2.18. The second-order valence-electron chi connectivity index (χ2n) is 5.40. The molecule has 110 valence electrons. The van der Waals surface area contributed by atoms with Crippen LogP contribution >= 0.6 is 0 Å². The lowest BCUT2D eigenvalue weighted by Crippen LogP contribution is -2.47. The Bertz CT molecular complexity index is 427. The number of aliphatic hydroxyl groups excluding tert-OH is 1. The van der Waals surface area contributed by atoms with Crippen LogP contribution in [-0.4, -0.2) is 53.2 Å². The standard InChI is InChI=1S/C15H23N3O2/c1-12-5-6-13(9-16-12)15(20)17-14(11-19)10-18-7-3-2-4-8-18/h5-6,9,14,19H,2-4,7-8,10-11H2,1H3,(H,17,20). The van der Waals surface area contributed by atoms with Gasteiger partial charge in [-0.2, -0.15) is 0 Å². The number of pyridine rings is 1. The Morgan fingerprint density at radius 3 is 2.75 bits per heavy atom. The molecule has 1 amide bonds. The predicted molar refractivity (Wildman–Crippen MR) is 77.6 cm³/mol. The Hall–Kier alpha value is -1.46. The summed E-state index contributed by atoms with van der Waals surface area (Å²) in [6.07, 6.45) is 5.25. The number of carbonyl (C=O) groups excluding carboxylic acids is 1. The highest BCUT2D eigenvalue weighted by molar-refractivity contribution is 5.94. The molecule has 20 heavy (non-hydrogen) atoms. The maximum atomic E-state index is 12.1. The van der Waals surface area contributed by atoms with Crippen molar-refractivity contribution >= 4 is 5.91 Å². The van der Waals surface area contributed by atoms with E-state index in [-0.39, 0.29) is 18.6 Å². The molecule has 1 aliphatic rings. The Balaban J connectivity index is 1.88. The van der Waals surface area contributed by atoms with Crippen LogP contribution in [0, 0.1) is 6.92 Å². The van der Waals surface area contributed by atoms with Crippen LogP contribution in [-0.2, 0) is 0 Å². The molecule has 1 aromatic heterocycles. The highest BCUT2D eigenvalue weighted by Crippen LogP contribution is 2.09. The number of aryl methyl sites for hydroxylation is 1. The van der Waals surface area contributed by atoms with Gasteiger partial charge < -0.3 is 15.3 Å². The first kappa shape index (κ1) is 14.9. The molecule has 2 rings (SSSR count). The number of nitrogens with zero attached hydrogens (tertiary/aromatic N) is 2. The summed E-state index contributed by atoms with van der Waals surface area (Å²) >= 11 is 0. The molecule has 0 saturated carbocycles. The second-order valence-corrected chi connectivity index (χ2v) is 5.40. The molecular weight excluding hydrogens is 254 g/mol. The van der Waals surface area contributed by atoms with Crippen LogP contribution < -0.4 is 5.32 Å². The summed E-state index contributed by atoms with van der Waals surface area (Å²) in [7, 11) is 0. The average molecular weight is 277 g/mol. The van der Waals surface area contributed by atoms with E-state index in [1.54, 1.807) is 12.3 Å². The van der Waals surface area contributed by atoms with Crippen LogP contribution in [0.5, 0.6) is 0 Å². The second kappa shape index (κ2) is 7.36. The molecular formula is C15H23N3O2. The predicted octanol–water partition coefficient (Wildman–Crippen LogP) is 0.967. The van der Waals surface area contributed by atoms with Crippen molar-refractivity contribution in [2.24, 2.45) is 0 Å². The van der Waals surface area contributed by atoms with Gasteiger partial charge in [-0.05, 0) is 45.0 Å². The number of aliphatic hydroxyl groups is 1. The first-order valence-electron chi connectivity index (χ1n) is 7.26. The van der Waals surface area contributed by atoms with Gasteiger partial charge in [-0.3, -0.25) is 9.78 Å². The van der Waals surface area contributed by atoms with E-state index < -0.39 is 0 Å². The summed E-state index contributed by atoms with van der Waals surface area (Å²) in [5, 5.41) is 12.3. The lowest BCUT2D eigenvalue weighted by atomic mass is 10.1. The van der Waals surface area contributed by atoms with E-state index in [1.165, 1.54) is 19.3 Å². The van der Waals surface area contributed by atoms with Gasteiger partial charge in [-0.25, -0.2) is 0 Å². The lowest BCUT2D eigenvalue weighted by molar-refractivity contribution is 0.0886. The average Bonchev–Trinajstić information content (AvgIpc) is 2.48. The quantitative estimate of drug-likeness (QED) is 0.841. The van der Waals surface area contributed by atoms with Crippen molar-refractivity contribution in [2.75, 3.05) is 26.2 Å². The first-order chi connectivity index (χ1) is 9.69. The zero-order chi connectivity index (χ0) is 14.4. The minimum atomic E-state index is -0.220. The Labute approximate surface area is 120 Å². The molecule has 5 nitrogen and oxygen atoms in total. The molecule has 1 saturated heterocycles. The normalized spacial score (nSPS) is 17.7. The summed E-state index contributed by atoms with van der Waals surface area (Å²) in [6, 6.07) is 3.35. The Kier molecular flexibility index (Phi) is 5.49. The third-order valence-corrected chi connectivity index (χ3v) is 3.66. The van der Waals surface area contributed by atoms with Crippen molar-refractivity contribution in [3.8, 4) is 0 Å². The monoisotopic (exact) mass is 277 g/mol. The molecule has 1 atom stereocenters. The zero-order valence-electron chi connectivity index (χ0n) is 12.0. The van der Waals surface area contributed by atoms with Crippen molar-refractivity contribution in [3.05, 3.63) is 29.6 Å². The smallest absolute Gasteiger partial charge is 0.253 e. The van der Waals surface area contributed by atoms with E-state index in [1.807, 2.05) is 13.0 Å². The largest absolute Gasteiger partial charge is 0.394 e. The van der Waals surface area contributed by atoms with Crippen LogP contribution in [0.15, 0.2) is 18.3 Å². The number of nitrogens with one attached hydrogen (secondary N) is 1. The van der Waals surface area contributed by atoms with Crippen LogP contribution in [0.2, 0.25) is 0 Å². The van der Waals surface area contributed by atoms with Crippen molar-refractivity contribution in [2.45, 2.75) is 32.2 Å². The van der Waals surface area contributed by atoms with Gasteiger partial charge in [0.1, 0.15) is 0 Å². The lowest BCUT2D eigenvalue weighted by Gasteiger charge is -2.30. The Morgan fingerprint density at radius 1 is 1.40 bits per heavy atom. The molecule has 1 aromatic rings. The van der Waals surface area contributed by atoms with Gasteiger partial charge in [0.25, 0.3) is 5.91 Å². The molecule has 1 fully saturated rings. The van der Waals surface area contributed by atoms with Gasteiger partial charge in [-0.1, -0.05) is 6.42 Å². The number of amides is 1. The number of hydrogen-bond donors (Lipinski definition) is 2. The maximum absolute atomic E-state index is 12.1. The number of hydrogen-bond acceptors (Lipinski definition) is 4. The molecule has 0 radical (unpaired) electrons. The van der Waals surface area contributed by atoms with Gasteiger partial charge in [0.2, 0.25) is 0 Å². The van der Waals surface area contributed by atoms with Gasteiger partial charge >= 0.3 is 0 Å². The van der Waals surface area contributed by atoms with Crippen LogP contribution in [0.1, 0.15) is 35.3 Å². The van der Waals surface area contributed by atoms with Gasteiger partial charge in [-0.15, -0.1) is 0 Å². The summed E-state index contributed by atoms with van der Waals surface area (Å²) in [5.74, 6) is -0.173. The molecule has 2 N–H and O–H groups in total. The number of piperidine rings is 1. The van der Waals surface area contributed by atoms with E-state index in [0.29, 0.717) is 12.1 Å². The maximum Gasteiger partial charge on any atom is 0.253 e. The van der Waals surface area contributed by atoms with Gasteiger partial charge in [0.15, 0.2) is 0 Å². The minimum Gasteiger partial charge on any atom is -0.394 e. The van der Waals surface area contributed by atoms with Gasteiger partial charge in [0, 0.05) is 18.4 Å². The molecule has 0 aliphatic carbocycles. The van der Waals surface area contributed by atoms with Crippen molar-refractivity contribution < 1.29 is 9.90 Å². The van der Waals surface area contributed by atoms with E-state index >= 15 is 0 Å². The summed E-state index contributed by atoms with van der Waals surface area (Å²) in [6.45, 7) is 4.66. The molecule has 5 heteroatoms. The van der Waals surface area contributed by atoms with E-state index in [9.17, 15) is 9.90 Å². The topological polar surface area (TPSA) is 65.5 Å². The Morgan fingerprint density at radius 2 is 2.15 bits per heavy atom. The van der Waals surface area contributed by atoms with Crippen LogP contribution in [0.25, 0.3) is 0 Å². The molecule has 1 unspecified atom stereocenters. The fraction of sp³-hybridized carbons (Fsp3) is 0.600. The summed E-state index contributed by atoms with van der Waals surface area (Å²) < 4.78 is 0.